The summed E-state index contributed by atoms with van der Waals surface area (Å²) in [5, 5.41) is 7.48. The quantitative estimate of drug-likeness (QED) is 0.361. The van der Waals surface area contributed by atoms with Gasteiger partial charge in [0.1, 0.15) is 0 Å². The maximum Gasteiger partial charge on any atom is 0.0963 e. The summed E-state index contributed by atoms with van der Waals surface area (Å²) in [4.78, 5) is 2.38. The third kappa shape index (κ3) is 6.83. The van der Waals surface area contributed by atoms with Gasteiger partial charge in [0.2, 0.25) is 0 Å². The maximum atomic E-state index is 7.48. The zero-order chi connectivity index (χ0) is 12.6. The number of amidine groups is 1. The summed E-state index contributed by atoms with van der Waals surface area (Å²) in [5.41, 5.74) is 5.42. The molecule has 0 aliphatic carbocycles. The normalized spacial score (nSPS) is 12.1. The van der Waals surface area contributed by atoms with Gasteiger partial charge in [-0.25, -0.2) is 0 Å². The molecular formula is C13H29N3. The van der Waals surface area contributed by atoms with Crippen molar-refractivity contribution in [3.8, 4) is 0 Å². The molecule has 0 unspecified atom stereocenters. The Morgan fingerprint density at radius 3 is 2.25 bits per heavy atom. The van der Waals surface area contributed by atoms with E-state index in [4.69, 9.17) is 11.1 Å². The molecule has 0 aliphatic heterocycles. The van der Waals surface area contributed by atoms with Crippen LogP contribution in [-0.4, -0.2) is 30.9 Å². The molecule has 96 valence electrons. The van der Waals surface area contributed by atoms with Gasteiger partial charge in [0.05, 0.1) is 5.84 Å². The number of nitrogens with one attached hydrogen (secondary N) is 1. The van der Waals surface area contributed by atoms with Gasteiger partial charge in [-0.2, -0.15) is 0 Å². The molecule has 0 heterocycles. The highest BCUT2D eigenvalue weighted by molar-refractivity contribution is 5.82. The Hall–Kier alpha value is -0.570. The van der Waals surface area contributed by atoms with E-state index in [1.54, 1.807) is 0 Å². The van der Waals surface area contributed by atoms with Crippen molar-refractivity contribution >= 4 is 5.84 Å². The van der Waals surface area contributed by atoms with Gasteiger partial charge in [0.25, 0.3) is 0 Å². The van der Waals surface area contributed by atoms with Gasteiger partial charge in [-0.1, -0.05) is 33.6 Å². The van der Waals surface area contributed by atoms with Crippen LogP contribution >= 0.6 is 0 Å². The number of rotatable bonds is 9. The average Bonchev–Trinajstić information content (AvgIpc) is 2.17. The van der Waals surface area contributed by atoms with Crippen molar-refractivity contribution in [3.63, 3.8) is 0 Å². The first-order chi connectivity index (χ1) is 7.40. The predicted molar refractivity (Wildman–Crippen MR) is 72.0 cm³/mol. The summed E-state index contributed by atoms with van der Waals surface area (Å²) in [6.45, 7) is 8.63. The molecule has 0 saturated heterocycles. The van der Waals surface area contributed by atoms with Gasteiger partial charge < -0.3 is 10.6 Å². The third-order valence-electron chi connectivity index (χ3n) is 3.21. The molecule has 0 atom stereocenters. The molecule has 0 aromatic carbocycles. The van der Waals surface area contributed by atoms with Crippen molar-refractivity contribution in [3.05, 3.63) is 0 Å². The fraction of sp³-hybridized carbons (Fsp3) is 0.923. The molecule has 3 nitrogen and oxygen atoms in total. The predicted octanol–water partition coefficient (Wildman–Crippen LogP) is 2.85. The Morgan fingerprint density at radius 2 is 1.75 bits per heavy atom. The van der Waals surface area contributed by atoms with Crippen LogP contribution in [-0.2, 0) is 0 Å². The zero-order valence-electron chi connectivity index (χ0n) is 11.5. The Balaban J connectivity index is 3.61. The topological polar surface area (TPSA) is 53.1 Å². The SMILES string of the molecule is CCCCCN(C)CCCC(C)(C)C(=N)N. The minimum atomic E-state index is -0.135. The lowest BCUT2D eigenvalue weighted by Gasteiger charge is -2.24. The number of nitrogens with two attached hydrogens (primary N) is 1. The molecule has 0 aromatic heterocycles. The van der Waals surface area contributed by atoms with E-state index in [1.807, 2.05) is 13.8 Å². The molecule has 16 heavy (non-hydrogen) atoms. The van der Waals surface area contributed by atoms with Crippen LogP contribution in [0, 0.1) is 10.8 Å². The number of hydrogen-bond acceptors (Lipinski definition) is 2. The molecular weight excluding hydrogens is 198 g/mol. The van der Waals surface area contributed by atoms with Crippen molar-refractivity contribution in [2.45, 2.75) is 52.9 Å². The molecule has 0 radical (unpaired) electrons. The van der Waals surface area contributed by atoms with E-state index >= 15 is 0 Å². The summed E-state index contributed by atoms with van der Waals surface area (Å²) >= 11 is 0. The smallest absolute Gasteiger partial charge is 0.0963 e. The lowest BCUT2D eigenvalue weighted by atomic mass is 9.86. The minimum Gasteiger partial charge on any atom is -0.387 e. The highest BCUT2D eigenvalue weighted by Crippen LogP contribution is 2.21. The Morgan fingerprint density at radius 1 is 1.19 bits per heavy atom. The van der Waals surface area contributed by atoms with Crippen LogP contribution in [0.1, 0.15) is 52.9 Å². The Bertz CT molecular complexity index is 199. The van der Waals surface area contributed by atoms with Crippen molar-refractivity contribution < 1.29 is 0 Å². The van der Waals surface area contributed by atoms with Crippen LogP contribution in [0.25, 0.3) is 0 Å². The number of unbranched alkanes of at least 4 members (excludes halogenated alkanes) is 2. The summed E-state index contributed by atoms with van der Waals surface area (Å²) < 4.78 is 0. The van der Waals surface area contributed by atoms with Gasteiger partial charge in [-0.15, -0.1) is 0 Å². The summed E-state index contributed by atoms with van der Waals surface area (Å²) in [6, 6.07) is 0. The second-order valence-electron chi connectivity index (χ2n) is 5.41. The van der Waals surface area contributed by atoms with Gasteiger partial charge >= 0.3 is 0 Å². The van der Waals surface area contributed by atoms with E-state index in [0.717, 1.165) is 19.4 Å². The second kappa shape index (κ2) is 7.66. The van der Waals surface area contributed by atoms with Gasteiger partial charge in [0, 0.05) is 5.41 Å². The highest BCUT2D eigenvalue weighted by Gasteiger charge is 2.20. The molecule has 0 aromatic rings. The van der Waals surface area contributed by atoms with Gasteiger partial charge in [0.15, 0.2) is 0 Å². The van der Waals surface area contributed by atoms with Crippen molar-refractivity contribution in [2.75, 3.05) is 20.1 Å². The molecule has 0 spiro atoms. The first-order valence-corrected chi connectivity index (χ1v) is 6.43. The van der Waals surface area contributed by atoms with E-state index in [1.165, 1.54) is 25.8 Å². The summed E-state index contributed by atoms with van der Waals surface area (Å²) in [5.74, 6) is 0.307. The standard InChI is InChI=1S/C13H29N3/c1-5-6-7-10-16(4)11-8-9-13(2,3)12(14)15/h5-11H2,1-4H3,(H3,14,15). The molecule has 0 saturated carbocycles. The first kappa shape index (κ1) is 15.4. The summed E-state index contributed by atoms with van der Waals surface area (Å²) in [6.07, 6.45) is 6.02. The van der Waals surface area contributed by atoms with Crippen molar-refractivity contribution in [1.29, 1.82) is 5.41 Å². The van der Waals surface area contributed by atoms with Crippen LogP contribution in [0.5, 0.6) is 0 Å². The maximum absolute atomic E-state index is 7.48. The van der Waals surface area contributed by atoms with Crippen LogP contribution in [0.4, 0.5) is 0 Å². The molecule has 0 bridgehead atoms. The minimum absolute atomic E-state index is 0.135. The fourth-order valence-corrected chi connectivity index (χ4v) is 1.67. The highest BCUT2D eigenvalue weighted by atomic mass is 15.1. The lowest BCUT2D eigenvalue weighted by Crippen LogP contribution is -2.32. The Kier molecular flexibility index (Phi) is 7.39. The van der Waals surface area contributed by atoms with Crippen LogP contribution in [0.2, 0.25) is 0 Å². The van der Waals surface area contributed by atoms with E-state index in [0.29, 0.717) is 5.84 Å². The first-order valence-electron chi connectivity index (χ1n) is 6.43. The van der Waals surface area contributed by atoms with E-state index in [2.05, 4.69) is 18.9 Å². The van der Waals surface area contributed by atoms with Crippen molar-refractivity contribution in [2.24, 2.45) is 11.1 Å². The average molecular weight is 227 g/mol. The second-order valence-corrected chi connectivity index (χ2v) is 5.41. The van der Waals surface area contributed by atoms with Gasteiger partial charge in [-0.05, 0) is 39.4 Å². The molecule has 0 rings (SSSR count). The largest absolute Gasteiger partial charge is 0.387 e. The van der Waals surface area contributed by atoms with E-state index < -0.39 is 0 Å². The lowest BCUT2D eigenvalue weighted by molar-refractivity contribution is 0.300. The van der Waals surface area contributed by atoms with Gasteiger partial charge in [-0.3, -0.25) is 5.41 Å². The molecule has 3 N–H and O–H groups in total. The molecule has 3 heteroatoms. The number of hydrogen-bond donors (Lipinski definition) is 2. The monoisotopic (exact) mass is 227 g/mol. The van der Waals surface area contributed by atoms with Crippen LogP contribution in [0.3, 0.4) is 0 Å². The van der Waals surface area contributed by atoms with Crippen LogP contribution in [0.15, 0.2) is 0 Å². The van der Waals surface area contributed by atoms with E-state index in [9.17, 15) is 0 Å². The molecule has 0 fully saturated rings. The Labute approximate surface area is 101 Å². The number of nitrogens with zero attached hydrogens (tertiary/aromatic N) is 1. The van der Waals surface area contributed by atoms with Crippen LogP contribution < -0.4 is 5.73 Å². The fourth-order valence-electron chi connectivity index (χ4n) is 1.67. The summed E-state index contributed by atoms with van der Waals surface area (Å²) in [7, 11) is 2.18. The molecule has 0 aliphatic rings. The third-order valence-corrected chi connectivity index (χ3v) is 3.21. The van der Waals surface area contributed by atoms with Crippen molar-refractivity contribution in [1.82, 2.24) is 4.90 Å². The molecule has 0 amide bonds. The van der Waals surface area contributed by atoms with E-state index in [-0.39, 0.29) is 5.41 Å². The zero-order valence-corrected chi connectivity index (χ0v) is 11.5.